The molecule has 1 unspecified atom stereocenters. The van der Waals surface area contributed by atoms with Gasteiger partial charge in [0, 0.05) is 34.1 Å². The van der Waals surface area contributed by atoms with Crippen molar-refractivity contribution in [1.82, 2.24) is 4.98 Å². The van der Waals surface area contributed by atoms with Crippen molar-refractivity contribution < 1.29 is 18.3 Å². The molecule has 3 rings (SSSR count). The third-order valence-electron chi connectivity index (χ3n) is 3.74. The lowest BCUT2D eigenvalue weighted by atomic mass is 9.97. The van der Waals surface area contributed by atoms with Gasteiger partial charge in [0.15, 0.2) is 6.10 Å². The van der Waals surface area contributed by atoms with Crippen LogP contribution < -0.4 is 0 Å². The fraction of sp³-hybridized carbons (Fsp3) is 0.111. The summed E-state index contributed by atoms with van der Waals surface area (Å²) in [6.07, 6.45) is 0.532. The molecule has 0 spiro atoms. The van der Waals surface area contributed by atoms with E-state index in [4.69, 9.17) is 10.00 Å². The van der Waals surface area contributed by atoms with E-state index in [0.29, 0.717) is 20.9 Å². The van der Waals surface area contributed by atoms with E-state index in [-0.39, 0.29) is 11.1 Å². The summed E-state index contributed by atoms with van der Waals surface area (Å²) in [7, 11) is 0. The summed E-state index contributed by atoms with van der Waals surface area (Å²) in [5.74, 6) is -1.93. The minimum atomic E-state index is -1.13. The summed E-state index contributed by atoms with van der Waals surface area (Å²) in [4.78, 5) is 14.5. The first-order valence-electron chi connectivity index (χ1n) is 7.24. The number of benzene rings is 2. The SMILES string of the molecule is CC(=O)OC(c1ccc(F)c(C#N)c1)c1c(F)cc2[nH]ccc2c1Br. The molecule has 0 aliphatic carbocycles. The molecule has 0 bridgehead atoms. The molecule has 2 aromatic carbocycles. The van der Waals surface area contributed by atoms with Crippen LogP contribution in [0.4, 0.5) is 8.78 Å². The van der Waals surface area contributed by atoms with Gasteiger partial charge in [0.25, 0.3) is 0 Å². The lowest BCUT2D eigenvalue weighted by Gasteiger charge is -2.20. The maximum absolute atomic E-state index is 14.7. The molecule has 126 valence electrons. The predicted molar refractivity (Wildman–Crippen MR) is 90.7 cm³/mol. The molecule has 1 N–H and O–H groups in total. The van der Waals surface area contributed by atoms with Gasteiger partial charge in [-0.2, -0.15) is 5.26 Å². The smallest absolute Gasteiger partial charge is 0.303 e. The second-order valence-corrected chi connectivity index (χ2v) is 6.16. The van der Waals surface area contributed by atoms with Gasteiger partial charge in [0.2, 0.25) is 0 Å². The maximum Gasteiger partial charge on any atom is 0.303 e. The number of carbonyl (C=O) groups is 1. The number of aromatic amines is 1. The minimum absolute atomic E-state index is 0.0952. The molecule has 1 atom stereocenters. The van der Waals surface area contributed by atoms with Gasteiger partial charge in [-0.3, -0.25) is 4.79 Å². The van der Waals surface area contributed by atoms with Crippen LogP contribution in [0.15, 0.2) is 41.0 Å². The Morgan fingerprint density at radius 3 is 2.72 bits per heavy atom. The van der Waals surface area contributed by atoms with Gasteiger partial charge in [0.1, 0.15) is 17.7 Å². The standard InChI is InChI=1S/C18H11BrF2N2O2/c1-9(24)25-18(10-2-3-13(20)11(6-10)8-22)16-14(21)7-15-12(17(16)19)4-5-23-15/h2-7,18,23H,1H3. The molecule has 4 nitrogen and oxygen atoms in total. The summed E-state index contributed by atoms with van der Waals surface area (Å²) >= 11 is 3.36. The van der Waals surface area contributed by atoms with E-state index in [2.05, 4.69) is 20.9 Å². The zero-order valence-corrected chi connectivity index (χ0v) is 14.5. The van der Waals surface area contributed by atoms with Crippen LogP contribution in [0.2, 0.25) is 0 Å². The number of nitrogens with zero attached hydrogens (tertiary/aromatic N) is 1. The molecule has 0 radical (unpaired) electrons. The fourth-order valence-electron chi connectivity index (χ4n) is 2.64. The van der Waals surface area contributed by atoms with Gasteiger partial charge < -0.3 is 9.72 Å². The van der Waals surface area contributed by atoms with Crippen LogP contribution in [0, 0.1) is 23.0 Å². The molecule has 0 aliphatic heterocycles. The summed E-state index contributed by atoms with van der Waals surface area (Å²) in [6.45, 7) is 1.20. The van der Waals surface area contributed by atoms with Gasteiger partial charge in [0.05, 0.1) is 5.56 Å². The van der Waals surface area contributed by atoms with Crippen molar-refractivity contribution in [2.24, 2.45) is 0 Å². The van der Waals surface area contributed by atoms with Crippen molar-refractivity contribution in [1.29, 1.82) is 5.26 Å². The number of hydrogen-bond donors (Lipinski definition) is 1. The van der Waals surface area contributed by atoms with E-state index in [1.807, 2.05) is 0 Å². The minimum Gasteiger partial charge on any atom is -0.453 e. The van der Waals surface area contributed by atoms with Crippen LogP contribution in [0.1, 0.15) is 29.7 Å². The molecule has 0 fully saturated rings. The van der Waals surface area contributed by atoms with Crippen LogP contribution in [-0.4, -0.2) is 11.0 Å². The fourth-order valence-corrected chi connectivity index (χ4v) is 3.38. The number of nitrogens with one attached hydrogen (secondary N) is 1. The maximum atomic E-state index is 14.7. The highest BCUT2D eigenvalue weighted by Gasteiger charge is 2.26. The second kappa shape index (κ2) is 6.65. The van der Waals surface area contributed by atoms with Gasteiger partial charge in [-0.15, -0.1) is 0 Å². The summed E-state index contributed by atoms with van der Waals surface area (Å²) in [6, 6.07) is 8.46. The van der Waals surface area contributed by atoms with Crippen LogP contribution >= 0.6 is 15.9 Å². The van der Waals surface area contributed by atoms with E-state index in [1.54, 1.807) is 18.3 Å². The van der Waals surface area contributed by atoms with Crippen molar-refractivity contribution in [3.8, 4) is 6.07 Å². The Hall–Kier alpha value is -2.72. The van der Waals surface area contributed by atoms with Crippen molar-refractivity contribution in [2.75, 3.05) is 0 Å². The van der Waals surface area contributed by atoms with Crippen LogP contribution in [-0.2, 0) is 9.53 Å². The average molecular weight is 405 g/mol. The number of esters is 1. The average Bonchev–Trinajstić information content (AvgIpc) is 3.02. The second-order valence-electron chi connectivity index (χ2n) is 5.37. The molecule has 0 aliphatic rings. The monoisotopic (exact) mass is 404 g/mol. The number of ether oxygens (including phenoxy) is 1. The van der Waals surface area contributed by atoms with Crippen molar-refractivity contribution in [3.63, 3.8) is 0 Å². The lowest BCUT2D eigenvalue weighted by Crippen LogP contribution is -2.13. The topological polar surface area (TPSA) is 65.9 Å². The molecule has 1 aromatic heterocycles. The van der Waals surface area contributed by atoms with E-state index < -0.39 is 23.7 Å². The van der Waals surface area contributed by atoms with Crippen molar-refractivity contribution in [2.45, 2.75) is 13.0 Å². The van der Waals surface area contributed by atoms with Crippen LogP contribution in [0.5, 0.6) is 0 Å². The number of rotatable bonds is 3. The zero-order valence-electron chi connectivity index (χ0n) is 12.9. The summed E-state index contributed by atoms with van der Waals surface area (Å²) in [5, 5.41) is 9.72. The molecular formula is C18H11BrF2N2O2. The number of carbonyl (C=O) groups excluding carboxylic acids is 1. The van der Waals surface area contributed by atoms with Crippen molar-refractivity contribution >= 4 is 32.8 Å². The molecule has 7 heteroatoms. The van der Waals surface area contributed by atoms with E-state index in [0.717, 1.165) is 6.07 Å². The van der Waals surface area contributed by atoms with Gasteiger partial charge in [-0.1, -0.05) is 6.07 Å². The first-order chi connectivity index (χ1) is 11.9. The molecule has 3 aromatic rings. The van der Waals surface area contributed by atoms with Gasteiger partial charge >= 0.3 is 5.97 Å². The Kier molecular flexibility index (Phi) is 4.55. The third-order valence-corrected chi connectivity index (χ3v) is 4.59. The quantitative estimate of drug-likeness (QED) is 0.641. The highest BCUT2D eigenvalue weighted by Crippen LogP contribution is 2.38. The molecule has 0 saturated heterocycles. The third kappa shape index (κ3) is 3.13. The van der Waals surface area contributed by atoms with Gasteiger partial charge in [-0.25, -0.2) is 8.78 Å². The lowest BCUT2D eigenvalue weighted by molar-refractivity contribution is -0.144. The predicted octanol–water partition coefficient (Wildman–Crippen LogP) is 4.73. The highest BCUT2D eigenvalue weighted by molar-refractivity contribution is 9.10. The van der Waals surface area contributed by atoms with Crippen LogP contribution in [0.25, 0.3) is 10.9 Å². The highest BCUT2D eigenvalue weighted by atomic mass is 79.9. The molecule has 25 heavy (non-hydrogen) atoms. The molecule has 0 saturated carbocycles. The Morgan fingerprint density at radius 1 is 1.28 bits per heavy atom. The number of nitriles is 1. The number of hydrogen-bond acceptors (Lipinski definition) is 3. The molecule has 1 heterocycles. The number of fused-ring (bicyclic) bond motifs is 1. The van der Waals surface area contributed by atoms with E-state index >= 15 is 0 Å². The van der Waals surface area contributed by atoms with Gasteiger partial charge in [-0.05, 0) is 45.8 Å². The van der Waals surface area contributed by atoms with Crippen molar-refractivity contribution in [3.05, 3.63) is 69.3 Å². The Balaban J connectivity index is 2.24. The Bertz CT molecular complexity index is 1020. The van der Waals surface area contributed by atoms with Crippen LogP contribution in [0.3, 0.4) is 0 Å². The summed E-state index contributed by atoms with van der Waals surface area (Å²) in [5.41, 5.74) is 0.751. The number of aromatic nitrogens is 1. The van der Waals surface area contributed by atoms with E-state index in [9.17, 15) is 13.6 Å². The summed E-state index contributed by atoms with van der Waals surface area (Å²) < 4.78 is 34.0. The molecule has 0 amide bonds. The zero-order chi connectivity index (χ0) is 18.1. The number of H-pyrrole nitrogens is 1. The largest absolute Gasteiger partial charge is 0.453 e. The first kappa shape index (κ1) is 17.1. The number of halogens is 3. The normalized spacial score (nSPS) is 12.0. The Morgan fingerprint density at radius 2 is 2.04 bits per heavy atom. The Labute approximate surface area is 150 Å². The first-order valence-corrected chi connectivity index (χ1v) is 8.03. The van der Waals surface area contributed by atoms with E-state index in [1.165, 1.54) is 25.1 Å². The molecular weight excluding hydrogens is 394 g/mol.